The molecule has 0 spiro atoms. The van der Waals surface area contributed by atoms with Crippen molar-refractivity contribution in [2.45, 2.75) is 45.3 Å². The number of nitrogens with one attached hydrogen (secondary N) is 1. The maximum Gasteiger partial charge on any atom is 0.237 e. The molecule has 0 aliphatic carbocycles. The monoisotopic (exact) mass is 214 g/mol. The number of unbranched alkanes of at least 4 members (excludes halogenated alkanes) is 1. The molecule has 88 valence electrons. The van der Waals surface area contributed by atoms with E-state index >= 15 is 0 Å². The number of nitrogens with zero attached hydrogens (tertiary/aromatic N) is 1. The van der Waals surface area contributed by atoms with Crippen LogP contribution in [0.1, 0.15) is 33.1 Å². The molecule has 0 saturated carbocycles. The Balaban J connectivity index is 2.26. The number of hydrogen-bond donors (Lipinski definition) is 2. The standard InChI is InChI=1S/C11H22N2O2/c1-3-4-6-12-11(15)9(2)13-7-5-10(14)8-13/h9-10,14H,3-8H2,1-2H3,(H,12,15). The molecule has 0 aromatic carbocycles. The number of carbonyl (C=O) groups excluding carboxylic acids is 1. The highest BCUT2D eigenvalue weighted by Gasteiger charge is 2.27. The summed E-state index contributed by atoms with van der Waals surface area (Å²) in [5.41, 5.74) is 0. The summed E-state index contributed by atoms with van der Waals surface area (Å²) in [6.45, 7) is 6.22. The Hall–Kier alpha value is -0.610. The normalized spacial score (nSPS) is 24.1. The third-order valence-electron chi connectivity index (χ3n) is 2.95. The Morgan fingerprint density at radius 1 is 1.67 bits per heavy atom. The number of amides is 1. The Bertz CT molecular complexity index is 209. The van der Waals surface area contributed by atoms with Gasteiger partial charge in [0.2, 0.25) is 5.91 Å². The van der Waals surface area contributed by atoms with E-state index in [0.29, 0.717) is 6.54 Å². The minimum Gasteiger partial charge on any atom is -0.392 e. The van der Waals surface area contributed by atoms with Crippen molar-refractivity contribution in [2.24, 2.45) is 0 Å². The molecule has 2 N–H and O–H groups in total. The van der Waals surface area contributed by atoms with Gasteiger partial charge in [0.05, 0.1) is 12.1 Å². The Morgan fingerprint density at radius 3 is 2.93 bits per heavy atom. The highest BCUT2D eigenvalue weighted by Crippen LogP contribution is 2.12. The first-order valence-electron chi connectivity index (χ1n) is 5.85. The van der Waals surface area contributed by atoms with Gasteiger partial charge in [0.15, 0.2) is 0 Å². The zero-order valence-electron chi connectivity index (χ0n) is 9.70. The third-order valence-corrected chi connectivity index (χ3v) is 2.95. The second-order valence-corrected chi connectivity index (χ2v) is 4.26. The Kier molecular flexibility index (Phi) is 5.05. The molecule has 0 radical (unpaired) electrons. The van der Waals surface area contributed by atoms with E-state index in [1.165, 1.54) is 0 Å². The van der Waals surface area contributed by atoms with Crippen molar-refractivity contribution >= 4 is 5.91 Å². The first-order chi connectivity index (χ1) is 7.15. The maximum atomic E-state index is 11.7. The largest absolute Gasteiger partial charge is 0.392 e. The molecule has 1 amide bonds. The lowest BCUT2D eigenvalue weighted by molar-refractivity contribution is -0.125. The van der Waals surface area contributed by atoms with Gasteiger partial charge in [0.1, 0.15) is 0 Å². The Morgan fingerprint density at radius 2 is 2.40 bits per heavy atom. The molecule has 1 heterocycles. The van der Waals surface area contributed by atoms with Gasteiger partial charge in [-0.2, -0.15) is 0 Å². The van der Waals surface area contributed by atoms with E-state index in [9.17, 15) is 9.90 Å². The van der Waals surface area contributed by atoms with Crippen molar-refractivity contribution in [2.75, 3.05) is 19.6 Å². The first-order valence-corrected chi connectivity index (χ1v) is 5.85. The fourth-order valence-electron chi connectivity index (χ4n) is 1.82. The van der Waals surface area contributed by atoms with Crippen molar-refractivity contribution in [3.05, 3.63) is 0 Å². The summed E-state index contributed by atoms with van der Waals surface area (Å²) in [6, 6.07) is -0.112. The summed E-state index contributed by atoms with van der Waals surface area (Å²) in [5, 5.41) is 12.3. The zero-order chi connectivity index (χ0) is 11.3. The van der Waals surface area contributed by atoms with Crippen LogP contribution in [0.15, 0.2) is 0 Å². The molecule has 1 rings (SSSR count). The minimum atomic E-state index is -0.254. The molecule has 0 aromatic heterocycles. The summed E-state index contributed by atoms with van der Waals surface area (Å²) in [6.07, 6.45) is 2.65. The summed E-state index contributed by atoms with van der Waals surface area (Å²) < 4.78 is 0. The summed E-state index contributed by atoms with van der Waals surface area (Å²) in [4.78, 5) is 13.7. The van der Waals surface area contributed by atoms with Gasteiger partial charge in [-0.3, -0.25) is 9.69 Å². The third kappa shape index (κ3) is 3.80. The molecule has 2 unspecified atom stereocenters. The number of hydrogen-bond acceptors (Lipinski definition) is 3. The molecular formula is C11H22N2O2. The maximum absolute atomic E-state index is 11.7. The minimum absolute atomic E-state index is 0.0811. The lowest BCUT2D eigenvalue weighted by Crippen LogP contribution is -2.44. The van der Waals surface area contributed by atoms with Crippen LogP contribution in [0.25, 0.3) is 0 Å². The van der Waals surface area contributed by atoms with Crippen LogP contribution in [0.3, 0.4) is 0 Å². The van der Waals surface area contributed by atoms with Gasteiger partial charge in [0, 0.05) is 19.6 Å². The van der Waals surface area contributed by atoms with Crippen molar-refractivity contribution in [1.29, 1.82) is 0 Å². The lowest BCUT2D eigenvalue weighted by atomic mass is 10.2. The van der Waals surface area contributed by atoms with E-state index in [-0.39, 0.29) is 18.1 Å². The number of carbonyl (C=O) groups is 1. The van der Waals surface area contributed by atoms with Gasteiger partial charge in [0.25, 0.3) is 0 Å². The predicted molar refractivity (Wildman–Crippen MR) is 59.6 cm³/mol. The van der Waals surface area contributed by atoms with Crippen LogP contribution in [0.2, 0.25) is 0 Å². The number of β-amino-alcohol motifs (C(OH)–C–C–N with tert-alkyl or cyclic N) is 1. The molecule has 2 atom stereocenters. The van der Waals surface area contributed by atoms with Gasteiger partial charge >= 0.3 is 0 Å². The predicted octanol–water partition coefficient (Wildman–Crippen LogP) is 0.358. The van der Waals surface area contributed by atoms with Gasteiger partial charge in [-0.05, 0) is 19.8 Å². The SMILES string of the molecule is CCCCNC(=O)C(C)N1CCC(O)C1. The smallest absolute Gasteiger partial charge is 0.237 e. The van der Waals surface area contributed by atoms with Crippen molar-refractivity contribution in [3.63, 3.8) is 0 Å². The molecule has 4 nitrogen and oxygen atoms in total. The highest BCUT2D eigenvalue weighted by atomic mass is 16.3. The van der Waals surface area contributed by atoms with Crippen LogP contribution in [0.5, 0.6) is 0 Å². The van der Waals surface area contributed by atoms with Crippen LogP contribution in [-0.4, -0.2) is 47.7 Å². The van der Waals surface area contributed by atoms with E-state index < -0.39 is 0 Å². The van der Waals surface area contributed by atoms with Crippen molar-refractivity contribution in [1.82, 2.24) is 10.2 Å². The average molecular weight is 214 g/mol. The van der Waals surface area contributed by atoms with E-state index in [2.05, 4.69) is 12.2 Å². The molecule has 0 aromatic rings. The number of aliphatic hydroxyl groups excluding tert-OH is 1. The van der Waals surface area contributed by atoms with Gasteiger partial charge in [-0.15, -0.1) is 0 Å². The molecule has 1 aliphatic heterocycles. The van der Waals surface area contributed by atoms with E-state index in [1.807, 2.05) is 11.8 Å². The summed E-state index contributed by atoms with van der Waals surface area (Å²) >= 11 is 0. The zero-order valence-corrected chi connectivity index (χ0v) is 9.70. The fraction of sp³-hybridized carbons (Fsp3) is 0.909. The quantitative estimate of drug-likeness (QED) is 0.650. The summed E-state index contributed by atoms with van der Waals surface area (Å²) in [7, 11) is 0. The molecule has 1 saturated heterocycles. The molecule has 1 fully saturated rings. The van der Waals surface area contributed by atoms with E-state index in [0.717, 1.165) is 32.4 Å². The van der Waals surface area contributed by atoms with Gasteiger partial charge < -0.3 is 10.4 Å². The van der Waals surface area contributed by atoms with Crippen LogP contribution in [0.4, 0.5) is 0 Å². The molecule has 0 bridgehead atoms. The van der Waals surface area contributed by atoms with Crippen LogP contribution in [-0.2, 0) is 4.79 Å². The van der Waals surface area contributed by atoms with Crippen LogP contribution in [0, 0.1) is 0 Å². The number of rotatable bonds is 5. The highest BCUT2D eigenvalue weighted by molar-refractivity contribution is 5.81. The average Bonchev–Trinajstić information content (AvgIpc) is 2.64. The lowest BCUT2D eigenvalue weighted by Gasteiger charge is -2.22. The van der Waals surface area contributed by atoms with E-state index in [4.69, 9.17) is 0 Å². The second kappa shape index (κ2) is 6.08. The van der Waals surface area contributed by atoms with Crippen LogP contribution >= 0.6 is 0 Å². The molecular weight excluding hydrogens is 192 g/mol. The van der Waals surface area contributed by atoms with Crippen LogP contribution < -0.4 is 5.32 Å². The van der Waals surface area contributed by atoms with Crippen molar-refractivity contribution in [3.8, 4) is 0 Å². The van der Waals surface area contributed by atoms with E-state index in [1.54, 1.807) is 0 Å². The molecule has 1 aliphatic rings. The Labute approximate surface area is 91.6 Å². The summed E-state index contributed by atoms with van der Waals surface area (Å²) in [5.74, 6) is 0.0811. The second-order valence-electron chi connectivity index (χ2n) is 4.26. The van der Waals surface area contributed by atoms with Gasteiger partial charge in [-0.25, -0.2) is 0 Å². The first kappa shape index (κ1) is 12.5. The number of likely N-dealkylation sites (tertiary alicyclic amines) is 1. The number of aliphatic hydroxyl groups is 1. The van der Waals surface area contributed by atoms with Crippen molar-refractivity contribution < 1.29 is 9.90 Å². The molecule has 4 heteroatoms. The fourth-order valence-corrected chi connectivity index (χ4v) is 1.82. The topological polar surface area (TPSA) is 52.6 Å². The molecule has 15 heavy (non-hydrogen) atoms. The van der Waals surface area contributed by atoms with Gasteiger partial charge in [-0.1, -0.05) is 13.3 Å².